The van der Waals surface area contributed by atoms with E-state index in [9.17, 15) is 18.4 Å². The maximum Gasteiger partial charge on any atom is 0.283 e. The van der Waals surface area contributed by atoms with Crippen molar-refractivity contribution in [3.8, 4) is 0 Å². The van der Waals surface area contributed by atoms with Crippen molar-refractivity contribution in [2.45, 2.75) is 18.4 Å². The maximum absolute atomic E-state index is 13.2. The molecule has 1 aliphatic rings. The molecule has 0 radical (unpaired) electrons. The van der Waals surface area contributed by atoms with Crippen molar-refractivity contribution >= 4 is 27.5 Å². The summed E-state index contributed by atoms with van der Waals surface area (Å²) in [5, 5.41) is 0. The molecule has 1 unspecified atom stereocenters. The maximum atomic E-state index is 13.2. The molecule has 10 nitrogen and oxygen atoms in total. The van der Waals surface area contributed by atoms with Gasteiger partial charge in [-0.3, -0.25) is 14.2 Å². The Morgan fingerprint density at radius 3 is 2.52 bits per heavy atom. The monoisotopic (exact) mass is 471 g/mol. The molecule has 4 rings (SSSR count). The number of benzene rings is 1. The van der Waals surface area contributed by atoms with Gasteiger partial charge in [-0.25, -0.2) is 9.97 Å². The Bertz CT molecular complexity index is 1270. The molecule has 1 aromatic carbocycles. The van der Waals surface area contributed by atoms with Crippen molar-refractivity contribution in [2.24, 2.45) is 0 Å². The first-order valence-electron chi connectivity index (χ1n) is 10.5. The summed E-state index contributed by atoms with van der Waals surface area (Å²) in [5.74, 6) is -0.524. The minimum atomic E-state index is -3.65. The summed E-state index contributed by atoms with van der Waals surface area (Å²) >= 11 is 0. The molecule has 0 spiro atoms. The Labute approximate surface area is 192 Å². The van der Waals surface area contributed by atoms with Crippen LogP contribution in [0.1, 0.15) is 16.1 Å². The molecule has 3 heterocycles. The van der Waals surface area contributed by atoms with Gasteiger partial charge >= 0.3 is 0 Å². The van der Waals surface area contributed by atoms with E-state index in [4.69, 9.17) is 4.74 Å². The van der Waals surface area contributed by atoms with Crippen LogP contribution < -0.4 is 5.56 Å². The predicted octanol–water partition coefficient (Wildman–Crippen LogP) is 1.11. The number of piperazine rings is 1. The van der Waals surface area contributed by atoms with Crippen molar-refractivity contribution in [3.63, 3.8) is 0 Å². The highest BCUT2D eigenvalue weighted by atomic mass is 32.3. The van der Waals surface area contributed by atoms with Crippen LogP contribution in [0.15, 0.2) is 52.3 Å². The van der Waals surface area contributed by atoms with E-state index in [1.54, 1.807) is 42.6 Å². The molecule has 174 valence electrons. The molecule has 1 atom stereocenters. The van der Waals surface area contributed by atoms with E-state index in [-0.39, 0.29) is 49.9 Å². The summed E-state index contributed by atoms with van der Waals surface area (Å²) < 4.78 is 33.7. The van der Waals surface area contributed by atoms with Crippen LogP contribution in [0.25, 0.3) is 11.2 Å². The van der Waals surface area contributed by atoms with Gasteiger partial charge in [0, 0.05) is 26.4 Å². The number of carbonyl (C=O) groups is 1. The van der Waals surface area contributed by atoms with Crippen molar-refractivity contribution in [2.75, 3.05) is 39.9 Å². The lowest BCUT2D eigenvalue weighted by Crippen LogP contribution is -2.53. The minimum Gasteiger partial charge on any atom is -0.593 e. The lowest BCUT2D eigenvalue weighted by Gasteiger charge is -2.35. The Morgan fingerprint density at radius 2 is 1.85 bits per heavy atom. The van der Waals surface area contributed by atoms with Crippen LogP contribution in [-0.2, 0) is 25.9 Å². The predicted molar refractivity (Wildman–Crippen MR) is 121 cm³/mol. The third kappa shape index (κ3) is 4.58. The number of fused-ring (bicyclic) bond motifs is 1. The van der Waals surface area contributed by atoms with Crippen molar-refractivity contribution in [3.05, 3.63) is 64.2 Å². The summed E-state index contributed by atoms with van der Waals surface area (Å²) in [4.78, 5) is 36.4. The van der Waals surface area contributed by atoms with Gasteiger partial charge in [0.05, 0.1) is 26.2 Å². The van der Waals surface area contributed by atoms with E-state index in [0.717, 1.165) is 5.56 Å². The SMILES string of the molecule is COCCn1c(=O)c(C(=O)N2CCN([S+](=O)([O-])c3ccc(C)cc3)CC2)nc2cccnc21. The van der Waals surface area contributed by atoms with Gasteiger partial charge in [0.25, 0.3) is 11.5 Å². The van der Waals surface area contributed by atoms with Crippen LogP contribution >= 0.6 is 0 Å². The zero-order chi connectivity index (χ0) is 23.6. The zero-order valence-electron chi connectivity index (χ0n) is 18.5. The summed E-state index contributed by atoms with van der Waals surface area (Å²) in [7, 11) is -2.13. The second-order valence-electron chi connectivity index (χ2n) is 7.77. The summed E-state index contributed by atoms with van der Waals surface area (Å²) in [6, 6.07) is 10.0. The zero-order valence-corrected chi connectivity index (χ0v) is 19.3. The van der Waals surface area contributed by atoms with Gasteiger partial charge in [0.1, 0.15) is 5.52 Å². The smallest absolute Gasteiger partial charge is 0.283 e. The van der Waals surface area contributed by atoms with Crippen LogP contribution in [0.2, 0.25) is 0 Å². The Balaban J connectivity index is 1.55. The lowest BCUT2D eigenvalue weighted by atomic mass is 10.2. The van der Waals surface area contributed by atoms with E-state index in [1.807, 2.05) is 6.92 Å². The number of aromatic nitrogens is 3. The Kier molecular flexibility index (Phi) is 6.66. The summed E-state index contributed by atoms with van der Waals surface area (Å²) in [6.07, 6.45) is 1.56. The number of methoxy groups -OCH3 is 1. The van der Waals surface area contributed by atoms with Crippen molar-refractivity contribution in [1.29, 1.82) is 0 Å². The van der Waals surface area contributed by atoms with Gasteiger partial charge in [-0.2, -0.15) is 0 Å². The molecule has 1 saturated heterocycles. The molecule has 3 aromatic rings. The van der Waals surface area contributed by atoms with Crippen molar-refractivity contribution in [1.82, 2.24) is 23.7 Å². The molecular weight excluding hydrogens is 446 g/mol. The minimum absolute atomic E-state index is 0.134. The van der Waals surface area contributed by atoms with Gasteiger partial charge < -0.3 is 14.2 Å². The van der Waals surface area contributed by atoms with Gasteiger partial charge in [0.15, 0.2) is 26.6 Å². The van der Waals surface area contributed by atoms with Crippen LogP contribution in [0.3, 0.4) is 0 Å². The number of ether oxygens (including phenoxy) is 1. The highest BCUT2D eigenvalue weighted by molar-refractivity contribution is 7.95. The first-order valence-corrected chi connectivity index (χ1v) is 12.0. The molecule has 0 bridgehead atoms. The fraction of sp³-hybridized carbons (Fsp3) is 0.364. The third-order valence-electron chi connectivity index (χ3n) is 5.61. The van der Waals surface area contributed by atoms with E-state index in [1.165, 1.54) is 20.9 Å². The highest BCUT2D eigenvalue weighted by Gasteiger charge is 2.35. The van der Waals surface area contributed by atoms with Gasteiger partial charge in [-0.05, 0) is 31.2 Å². The number of amides is 1. The average molecular weight is 472 g/mol. The molecular formula is C22H25N5O5S. The summed E-state index contributed by atoms with van der Waals surface area (Å²) in [5.41, 5.74) is 1.03. The molecule has 0 saturated carbocycles. The number of sulfonamides is 1. The van der Waals surface area contributed by atoms with Crippen LogP contribution in [0.5, 0.6) is 0 Å². The van der Waals surface area contributed by atoms with Crippen LogP contribution in [-0.4, -0.2) is 74.1 Å². The van der Waals surface area contributed by atoms with Gasteiger partial charge in [0.2, 0.25) is 0 Å². The molecule has 11 heteroatoms. The first kappa shape index (κ1) is 23.2. The lowest BCUT2D eigenvalue weighted by molar-refractivity contribution is 0.0684. The standard InChI is InChI=1S/C22H25N5O5S/c1-16-5-7-17(8-6-16)33(30,31)26-12-10-25(11-13-26)21(28)19-22(29)27(14-15-32-2)20-18(24-19)4-3-9-23-20/h3-9H,10-15H2,1-2H3. The molecule has 0 N–H and O–H groups in total. The number of aryl methyl sites for hydroxylation is 1. The van der Waals surface area contributed by atoms with E-state index < -0.39 is 21.9 Å². The number of nitrogens with zero attached hydrogens (tertiary/aromatic N) is 5. The average Bonchev–Trinajstić information content (AvgIpc) is 2.83. The second-order valence-corrected chi connectivity index (χ2v) is 9.70. The number of carbonyl (C=O) groups excluding carboxylic acids is 1. The molecule has 1 fully saturated rings. The van der Waals surface area contributed by atoms with Crippen LogP contribution in [0.4, 0.5) is 0 Å². The fourth-order valence-electron chi connectivity index (χ4n) is 3.75. The van der Waals surface area contributed by atoms with E-state index in [0.29, 0.717) is 11.2 Å². The third-order valence-corrected chi connectivity index (χ3v) is 7.52. The quantitative estimate of drug-likeness (QED) is 0.494. The summed E-state index contributed by atoms with van der Waals surface area (Å²) in [6.45, 7) is 2.99. The molecule has 2 aromatic heterocycles. The highest BCUT2D eigenvalue weighted by Crippen LogP contribution is 2.23. The van der Waals surface area contributed by atoms with E-state index in [2.05, 4.69) is 9.97 Å². The number of hydrogen-bond acceptors (Lipinski definition) is 7. The van der Waals surface area contributed by atoms with Gasteiger partial charge in [-0.15, -0.1) is 4.31 Å². The molecule has 0 aliphatic carbocycles. The Hall–Kier alpha value is -2.99. The number of pyridine rings is 1. The van der Waals surface area contributed by atoms with Crippen LogP contribution in [0, 0.1) is 6.92 Å². The molecule has 1 aliphatic heterocycles. The first-order chi connectivity index (χ1) is 15.8. The molecule has 1 amide bonds. The fourth-order valence-corrected chi connectivity index (χ4v) is 5.17. The molecule has 33 heavy (non-hydrogen) atoms. The number of hydrogen-bond donors (Lipinski definition) is 0. The van der Waals surface area contributed by atoms with Crippen molar-refractivity contribution < 1.29 is 18.3 Å². The Morgan fingerprint density at radius 1 is 1.15 bits per heavy atom. The second kappa shape index (κ2) is 9.48. The number of rotatable bonds is 6. The van der Waals surface area contributed by atoms with E-state index >= 15 is 0 Å². The topological polar surface area (TPSA) is 121 Å². The van der Waals surface area contributed by atoms with Gasteiger partial charge in [-0.1, -0.05) is 21.9 Å². The largest absolute Gasteiger partial charge is 0.593 e. The normalized spacial score (nSPS) is 16.6.